The van der Waals surface area contributed by atoms with Crippen LogP contribution in [0.4, 0.5) is 0 Å². The van der Waals surface area contributed by atoms with Gasteiger partial charge in [-0.1, -0.05) is 0 Å². The van der Waals surface area contributed by atoms with E-state index in [1.807, 2.05) is 6.26 Å². The van der Waals surface area contributed by atoms with Gasteiger partial charge in [-0.05, 0) is 64.5 Å². The van der Waals surface area contributed by atoms with Crippen molar-refractivity contribution < 1.29 is 29.1 Å². The van der Waals surface area contributed by atoms with E-state index < -0.39 is 47.9 Å². The van der Waals surface area contributed by atoms with Crippen molar-refractivity contribution in [3.05, 3.63) is 0 Å². The molecule has 11 nitrogen and oxygen atoms in total. The van der Waals surface area contributed by atoms with Gasteiger partial charge in [0.1, 0.15) is 24.2 Å². The summed E-state index contributed by atoms with van der Waals surface area (Å²) in [7, 11) is 0. The average Bonchev–Trinajstić information content (AvgIpc) is 3.47. The number of aliphatic carboxylic acids is 1. The molecule has 12 heteroatoms. The molecule has 5 N–H and O–H groups in total. The molecule has 0 saturated carbocycles. The van der Waals surface area contributed by atoms with E-state index in [-0.39, 0.29) is 11.9 Å². The molecule has 0 bridgehead atoms. The quantitative estimate of drug-likeness (QED) is 0.251. The van der Waals surface area contributed by atoms with E-state index in [4.69, 9.17) is 0 Å². The standard InChI is InChI=1S/C21H35N5O6S/c1-12(23-18(28)14-6-4-9-22-14)17(27)25-15(8-11-33-3)19(29)24-13(2)20(30)26-10-5-7-16(26)21(31)32/h12-16,22H,4-11H2,1-3H3,(H,23,28)(H,24,29)(H,25,27)(H,31,32)/t12-,13-,14-,15-,16-/m0/s1. The zero-order valence-electron chi connectivity index (χ0n) is 19.4. The van der Waals surface area contributed by atoms with Crippen LogP contribution >= 0.6 is 11.8 Å². The van der Waals surface area contributed by atoms with Gasteiger partial charge >= 0.3 is 5.97 Å². The highest BCUT2D eigenvalue weighted by atomic mass is 32.2. The topological polar surface area (TPSA) is 157 Å². The third-order valence-electron chi connectivity index (χ3n) is 5.92. The number of carbonyl (C=O) groups is 5. The normalized spacial score (nSPS) is 22.8. The van der Waals surface area contributed by atoms with Crippen molar-refractivity contribution in [1.29, 1.82) is 0 Å². The van der Waals surface area contributed by atoms with Gasteiger partial charge in [0.15, 0.2) is 0 Å². The van der Waals surface area contributed by atoms with E-state index in [0.717, 1.165) is 13.0 Å². The van der Waals surface area contributed by atoms with Gasteiger partial charge < -0.3 is 31.3 Å². The van der Waals surface area contributed by atoms with Crippen LogP contribution in [0, 0.1) is 0 Å². The summed E-state index contributed by atoms with van der Waals surface area (Å²) in [5.41, 5.74) is 0. The van der Waals surface area contributed by atoms with Gasteiger partial charge in [0.2, 0.25) is 23.6 Å². The molecule has 186 valence electrons. The number of thioether (sulfide) groups is 1. The molecule has 0 aromatic carbocycles. The minimum absolute atomic E-state index is 0.252. The molecule has 5 atom stereocenters. The molecule has 33 heavy (non-hydrogen) atoms. The van der Waals surface area contributed by atoms with Gasteiger partial charge in [-0.3, -0.25) is 19.2 Å². The number of hydrogen-bond acceptors (Lipinski definition) is 7. The predicted octanol–water partition coefficient (Wildman–Crippen LogP) is -0.939. The molecular formula is C21H35N5O6S. The van der Waals surface area contributed by atoms with Crippen LogP contribution in [0.2, 0.25) is 0 Å². The smallest absolute Gasteiger partial charge is 0.326 e. The van der Waals surface area contributed by atoms with Gasteiger partial charge in [-0.25, -0.2) is 4.79 Å². The Morgan fingerprint density at radius 1 is 1.03 bits per heavy atom. The van der Waals surface area contributed by atoms with Crippen LogP contribution in [0.25, 0.3) is 0 Å². The lowest BCUT2D eigenvalue weighted by Crippen LogP contribution is -2.57. The first kappa shape index (κ1) is 26.9. The number of carboxylic acid groups (broad SMARTS) is 1. The number of likely N-dealkylation sites (tertiary alicyclic amines) is 1. The fourth-order valence-corrected chi connectivity index (χ4v) is 4.47. The Labute approximate surface area is 198 Å². The summed E-state index contributed by atoms with van der Waals surface area (Å²) in [6.07, 6.45) is 4.80. The first-order valence-corrected chi connectivity index (χ1v) is 12.7. The van der Waals surface area contributed by atoms with Crippen LogP contribution < -0.4 is 21.3 Å². The van der Waals surface area contributed by atoms with Crippen LogP contribution in [-0.2, 0) is 24.0 Å². The Morgan fingerprint density at radius 3 is 2.36 bits per heavy atom. The summed E-state index contributed by atoms with van der Waals surface area (Å²) in [6.45, 7) is 4.15. The first-order chi connectivity index (χ1) is 15.6. The fraction of sp³-hybridized carbons (Fsp3) is 0.762. The van der Waals surface area contributed by atoms with Gasteiger partial charge in [-0.15, -0.1) is 0 Å². The zero-order chi connectivity index (χ0) is 24.5. The fourth-order valence-electron chi connectivity index (χ4n) is 4.00. The first-order valence-electron chi connectivity index (χ1n) is 11.3. The number of hydrogen-bond donors (Lipinski definition) is 5. The number of rotatable bonds is 11. The van der Waals surface area contributed by atoms with Gasteiger partial charge in [0.25, 0.3) is 0 Å². The molecular weight excluding hydrogens is 450 g/mol. The molecule has 2 rings (SSSR count). The number of amides is 4. The number of carboxylic acids is 1. The van der Waals surface area contributed by atoms with E-state index in [9.17, 15) is 29.1 Å². The molecule has 0 radical (unpaired) electrons. The zero-order valence-corrected chi connectivity index (χ0v) is 20.2. The number of carbonyl (C=O) groups excluding carboxylic acids is 4. The molecule has 0 aromatic heterocycles. The van der Waals surface area contributed by atoms with Crippen molar-refractivity contribution in [3.8, 4) is 0 Å². The second kappa shape index (κ2) is 12.8. The van der Waals surface area contributed by atoms with E-state index >= 15 is 0 Å². The maximum absolute atomic E-state index is 12.9. The van der Waals surface area contributed by atoms with Crippen LogP contribution in [0.1, 0.15) is 46.0 Å². The molecule has 0 aromatic rings. The highest BCUT2D eigenvalue weighted by Gasteiger charge is 2.37. The Morgan fingerprint density at radius 2 is 1.76 bits per heavy atom. The molecule has 0 spiro atoms. The van der Waals surface area contributed by atoms with Crippen LogP contribution in [0.5, 0.6) is 0 Å². The van der Waals surface area contributed by atoms with E-state index in [1.165, 1.54) is 23.6 Å². The Hall–Kier alpha value is -2.34. The lowest BCUT2D eigenvalue weighted by molar-refractivity contribution is -0.149. The van der Waals surface area contributed by atoms with Crippen LogP contribution in [-0.4, -0.2) is 94.9 Å². The predicted molar refractivity (Wildman–Crippen MR) is 124 cm³/mol. The Balaban J connectivity index is 1.94. The molecule has 2 aliphatic rings. The second-order valence-corrected chi connectivity index (χ2v) is 9.47. The summed E-state index contributed by atoms with van der Waals surface area (Å²) in [5, 5.41) is 20.3. The Kier molecular flexibility index (Phi) is 10.4. The summed E-state index contributed by atoms with van der Waals surface area (Å²) in [4.78, 5) is 63.1. The van der Waals surface area contributed by atoms with Gasteiger partial charge in [0.05, 0.1) is 6.04 Å². The largest absolute Gasteiger partial charge is 0.480 e. The van der Waals surface area contributed by atoms with Crippen molar-refractivity contribution in [2.75, 3.05) is 25.1 Å². The van der Waals surface area contributed by atoms with Crippen molar-refractivity contribution in [3.63, 3.8) is 0 Å². The van der Waals surface area contributed by atoms with Gasteiger partial charge in [0, 0.05) is 6.54 Å². The maximum Gasteiger partial charge on any atom is 0.326 e. The van der Waals surface area contributed by atoms with Crippen LogP contribution in [0.3, 0.4) is 0 Å². The lowest BCUT2D eigenvalue weighted by Gasteiger charge is -2.27. The summed E-state index contributed by atoms with van der Waals surface area (Å²) >= 11 is 1.51. The monoisotopic (exact) mass is 485 g/mol. The minimum Gasteiger partial charge on any atom is -0.480 e. The molecule has 2 aliphatic heterocycles. The van der Waals surface area contributed by atoms with Crippen molar-refractivity contribution >= 4 is 41.4 Å². The molecule has 4 amide bonds. The second-order valence-electron chi connectivity index (χ2n) is 8.48. The average molecular weight is 486 g/mol. The van der Waals surface area contributed by atoms with E-state index in [1.54, 1.807) is 6.92 Å². The highest BCUT2D eigenvalue weighted by Crippen LogP contribution is 2.18. The summed E-state index contributed by atoms with van der Waals surface area (Å²) in [6, 6.07) is -3.86. The third kappa shape index (κ3) is 7.60. The van der Waals surface area contributed by atoms with Crippen molar-refractivity contribution in [2.24, 2.45) is 0 Å². The molecule has 2 saturated heterocycles. The maximum atomic E-state index is 12.9. The molecule has 2 fully saturated rings. The highest BCUT2D eigenvalue weighted by molar-refractivity contribution is 7.98. The van der Waals surface area contributed by atoms with Crippen LogP contribution in [0.15, 0.2) is 0 Å². The molecule has 0 aliphatic carbocycles. The minimum atomic E-state index is -1.06. The Bertz CT molecular complexity index is 745. The lowest BCUT2D eigenvalue weighted by atomic mass is 10.1. The molecule has 0 unspecified atom stereocenters. The number of nitrogens with zero attached hydrogens (tertiary/aromatic N) is 1. The third-order valence-corrected chi connectivity index (χ3v) is 6.57. The van der Waals surface area contributed by atoms with E-state index in [2.05, 4.69) is 21.3 Å². The number of nitrogens with one attached hydrogen (secondary N) is 4. The summed E-state index contributed by atoms with van der Waals surface area (Å²) in [5.74, 6) is -2.20. The summed E-state index contributed by atoms with van der Waals surface area (Å²) < 4.78 is 0. The molecule has 2 heterocycles. The van der Waals surface area contributed by atoms with E-state index in [0.29, 0.717) is 38.0 Å². The van der Waals surface area contributed by atoms with Crippen molar-refractivity contribution in [2.45, 2.75) is 76.2 Å². The SMILES string of the molecule is CSCC[C@H](NC(=O)[C@H](C)NC(=O)[C@@H]1CCCN1)C(=O)N[C@@H](C)C(=O)N1CCC[C@H]1C(=O)O. The van der Waals surface area contributed by atoms with Gasteiger partial charge in [-0.2, -0.15) is 11.8 Å². The van der Waals surface area contributed by atoms with Crippen molar-refractivity contribution in [1.82, 2.24) is 26.2 Å².